The molecule has 0 aromatic heterocycles. The third-order valence-electron chi connectivity index (χ3n) is 3.00. The first kappa shape index (κ1) is 13.7. The average Bonchev–Trinajstić information content (AvgIpc) is 2.66. The molecular formula is C14H10ClIN2O2. The Balaban J connectivity index is 1.96. The predicted octanol–water partition coefficient (Wildman–Crippen LogP) is 3.69. The van der Waals surface area contributed by atoms with E-state index in [0.717, 1.165) is 3.57 Å². The second-order valence-electron chi connectivity index (χ2n) is 4.40. The van der Waals surface area contributed by atoms with E-state index in [-0.39, 0.29) is 5.91 Å². The summed E-state index contributed by atoms with van der Waals surface area (Å²) in [6.45, 7) is 0. The molecule has 0 spiro atoms. The lowest BCUT2D eigenvalue weighted by molar-refractivity contribution is -0.116. The van der Waals surface area contributed by atoms with Crippen LogP contribution in [-0.4, -0.2) is 5.91 Å². The van der Waals surface area contributed by atoms with Gasteiger partial charge in [0.25, 0.3) is 0 Å². The summed E-state index contributed by atoms with van der Waals surface area (Å²) >= 11 is 8.39. The zero-order valence-electron chi connectivity index (χ0n) is 10.2. The van der Waals surface area contributed by atoms with Gasteiger partial charge in [0, 0.05) is 20.9 Å². The molecule has 1 atom stereocenters. The van der Waals surface area contributed by atoms with Gasteiger partial charge in [-0.25, -0.2) is 0 Å². The molecule has 102 valence electrons. The van der Waals surface area contributed by atoms with E-state index in [2.05, 4.69) is 27.9 Å². The number of fused-ring (bicyclic) bond motifs is 1. The maximum absolute atomic E-state index is 11.5. The highest BCUT2D eigenvalue weighted by molar-refractivity contribution is 14.1. The number of ether oxygens (including phenoxy) is 1. The molecule has 4 nitrogen and oxygen atoms in total. The lowest BCUT2D eigenvalue weighted by Crippen LogP contribution is -2.19. The summed E-state index contributed by atoms with van der Waals surface area (Å²) in [5.74, 6) is 0.941. The summed E-state index contributed by atoms with van der Waals surface area (Å²) < 4.78 is 6.82. The Hall–Kier alpha value is -1.31. The van der Waals surface area contributed by atoms with Crippen molar-refractivity contribution in [3.63, 3.8) is 0 Å². The van der Waals surface area contributed by atoms with Crippen LogP contribution < -0.4 is 15.8 Å². The Morgan fingerprint density at radius 3 is 2.85 bits per heavy atom. The number of amides is 1. The summed E-state index contributed by atoms with van der Waals surface area (Å²) in [7, 11) is 0. The second kappa shape index (κ2) is 5.23. The molecule has 1 amide bonds. The summed E-state index contributed by atoms with van der Waals surface area (Å²) in [5.41, 5.74) is 7.10. The van der Waals surface area contributed by atoms with Crippen LogP contribution >= 0.6 is 34.2 Å². The molecule has 2 aromatic rings. The maximum atomic E-state index is 11.5. The lowest BCUT2D eigenvalue weighted by atomic mass is 10.1. The molecule has 2 aromatic carbocycles. The second-order valence-corrected chi connectivity index (χ2v) is 6.05. The Bertz CT molecular complexity index is 706. The molecule has 1 unspecified atom stereocenters. The van der Waals surface area contributed by atoms with E-state index in [4.69, 9.17) is 22.1 Å². The fourth-order valence-electron chi connectivity index (χ4n) is 2.02. The number of anilines is 1. The Labute approximate surface area is 134 Å². The third-order valence-corrected chi connectivity index (χ3v) is 3.97. The van der Waals surface area contributed by atoms with E-state index in [9.17, 15) is 4.79 Å². The number of nitrogens with two attached hydrogens (primary N) is 1. The quantitative estimate of drug-likeness (QED) is 0.756. The lowest BCUT2D eigenvalue weighted by Gasteiger charge is -2.10. The van der Waals surface area contributed by atoms with Gasteiger partial charge in [-0.1, -0.05) is 17.7 Å². The van der Waals surface area contributed by atoms with Gasteiger partial charge in [0.15, 0.2) is 0 Å². The van der Waals surface area contributed by atoms with Crippen LogP contribution in [0.25, 0.3) is 0 Å². The number of benzene rings is 2. The van der Waals surface area contributed by atoms with Crippen LogP contribution in [0.15, 0.2) is 36.4 Å². The van der Waals surface area contributed by atoms with E-state index < -0.39 is 6.04 Å². The van der Waals surface area contributed by atoms with Gasteiger partial charge in [0.05, 0.1) is 5.02 Å². The molecule has 0 radical (unpaired) electrons. The Morgan fingerprint density at radius 2 is 2.10 bits per heavy atom. The SMILES string of the molecule is NC1C(=O)Nc2cc(Oc3cccc(I)c3)c(Cl)cc21. The molecule has 0 saturated heterocycles. The number of nitrogens with one attached hydrogen (secondary N) is 1. The molecule has 1 aliphatic rings. The molecule has 0 aliphatic carbocycles. The molecule has 6 heteroatoms. The highest BCUT2D eigenvalue weighted by atomic mass is 127. The zero-order chi connectivity index (χ0) is 14.3. The van der Waals surface area contributed by atoms with Crippen LogP contribution in [0.2, 0.25) is 5.02 Å². The third kappa shape index (κ3) is 2.48. The zero-order valence-corrected chi connectivity index (χ0v) is 13.1. The molecule has 20 heavy (non-hydrogen) atoms. The van der Waals surface area contributed by atoms with Crippen molar-refractivity contribution in [3.8, 4) is 11.5 Å². The van der Waals surface area contributed by atoms with Crippen LogP contribution in [0.4, 0.5) is 5.69 Å². The molecule has 1 aliphatic heterocycles. The number of rotatable bonds is 2. The molecular weight excluding hydrogens is 391 g/mol. The van der Waals surface area contributed by atoms with Crippen molar-refractivity contribution in [1.29, 1.82) is 0 Å². The van der Waals surface area contributed by atoms with Crippen molar-refractivity contribution in [2.45, 2.75) is 6.04 Å². The van der Waals surface area contributed by atoms with Gasteiger partial charge in [0.1, 0.15) is 17.5 Å². The topological polar surface area (TPSA) is 64.4 Å². The van der Waals surface area contributed by atoms with Gasteiger partial charge >= 0.3 is 0 Å². The highest BCUT2D eigenvalue weighted by Crippen LogP contribution is 2.39. The molecule has 0 saturated carbocycles. The van der Waals surface area contributed by atoms with Crippen LogP contribution in [0.3, 0.4) is 0 Å². The van der Waals surface area contributed by atoms with Gasteiger partial charge in [-0.3, -0.25) is 4.79 Å². The molecule has 3 N–H and O–H groups in total. The van der Waals surface area contributed by atoms with Crippen molar-refractivity contribution < 1.29 is 9.53 Å². The normalized spacial score (nSPS) is 16.8. The Kier molecular flexibility index (Phi) is 3.57. The summed E-state index contributed by atoms with van der Waals surface area (Å²) in [6, 6.07) is 10.3. The van der Waals surface area contributed by atoms with Gasteiger partial charge in [-0.05, 0) is 46.9 Å². The van der Waals surface area contributed by atoms with E-state index in [1.807, 2.05) is 24.3 Å². The van der Waals surface area contributed by atoms with Gasteiger partial charge in [-0.15, -0.1) is 0 Å². The standard InChI is InChI=1S/C14H10ClIN2O2/c15-10-5-9-11(18-14(19)13(9)17)6-12(10)20-8-3-1-2-7(16)4-8/h1-6,13H,17H2,(H,18,19). The van der Waals surface area contributed by atoms with Crippen LogP contribution in [0.1, 0.15) is 11.6 Å². The number of hydrogen-bond acceptors (Lipinski definition) is 3. The van der Waals surface area contributed by atoms with Crippen molar-refractivity contribution in [1.82, 2.24) is 0 Å². The van der Waals surface area contributed by atoms with Crippen molar-refractivity contribution in [2.75, 3.05) is 5.32 Å². The number of carbonyl (C=O) groups is 1. The first-order valence-corrected chi connectivity index (χ1v) is 7.33. The van der Waals surface area contributed by atoms with Crippen LogP contribution in [-0.2, 0) is 4.79 Å². The fraction of sp³-hybridized carbons (Fsp3) is 0.0714. The molecule has 0 bridgehead atoms. The van der Waals surface area contributed by atoms with Gasteiger partial charge < -0.3 is 15.8 Å². The molecule has 0 fully saturated rings. The fourth-order valence-corrected chi connectivity index (χ4v) is 2.75. The summed E-state index contributed by atoms with van der Waals surface area (Å²) in [5, 5.41) is 3.13. The minimum Gasteiger partial charge on any atom is -0.456 e. The van der Waals surface area contributed by atoms with Crippen molar-refractivity contribution in [2.24, 2.45) is 5.73 Å². The Morgan fingerprint density at radius 1 is 1.30 bits per heavy atom. The van der Waals surface area contributed by atoms with Gasteiger partial charge in [-0.2, -0.15) is 0 Å². The smallest absolute Gasteiger partial charge is 0.245 e. The minimum atomic E-state index is -0.672. The average molecular weight is 401 g/mol. The first-order chi connectivity index (χ1) is 9.54. The number of carbonyl (C=O) groups excluding carboxylic acids is 1. The predicted molar refractivity (Wildman–Crippen MR) is 86.2 cm³/mol. The van der Waals surface area contributed by atoms with E-state index in [0.29, 0.717) is 27.8 Å². The van der Waals surface area contributed by atoms with Crippen molar-refractivity contribution in [3.05, 3.63) is 50.6 Å². The van der Waals surface area contributed by atoms with Crippen molar-refractivity contribution >= 4 is 45.8 Å². The van der Waals surface area contributed by atoms with E-state index in [1.54, 1.807) is 12.1 Å². The summed E-state index contributed by atoms with van der Waals surface area (Å²) in [6.07, 6.45) is 0. The van der Waals surface area contributed by atoms with Gasteiger partial charge in [0.2, 0.25) is 5.91 Å². The van der Waals surface area contributed by atoms with Crippen LogP contribution in [0.5, 0.6) is 11.5 Å². The largest absolute Gasteiger partial charge is 0.456 e. The van der Waals surface area contributed by atoms with Crippen LogP contribution in [0, 0.1) is 3.57 Å². The molecule has 1 heterocycles. The first-order valence-electron chi connectivity index (χ1n) is 5.88. The highest BCUT2D eigenvalue weighted by Gasteiger charge is 2.28. The molecule has 3 rings (SSSR count). The van der Waals surface area contributed by atoms with E-state index in [1.165, 1.54) is 0 Å². The summed E-state index contributed by atoms with van der Waals surface area (Å²) in [4.78, 5) is 11.5. The maximum Gasteiger partial charge on any atom is 0.245 e. The van der Waals surface area contributed by atoms with E-state index >= 15 is 0 Å². The number of halogens is 2. The monoisotopic (exact) mass is 400 g/mol. The minimum absolute atomic E-state index is 0.234. The number of hydrogen-bond donors (Lipinski definition) is 2.